The molecule has 0 radical (unpaired) electrons. The van der Waals surface area contributed by atoms with Crippen molar-refractivity contribution in [1.82, 2.24) is 25.2 Å². The number of fused-ring (bicyclic) bond motifs is 4. The van der Waals surface area contributed by atoms with Crippen molar-refractivity contribution >= 4 is 22.3 Å². The molecule has 0 aliphatic carbocycles. The van der Waals surface area contributed by atoms with Gasteiger partial charge >= 0.3 is 6.01 Å². The molecule has 2 unspecified atom stereocenters. The molecule has 3 fully saturated rings. The van der Waals surface area contributed by atoms with Gasteiger partial charge in [-0.1, -0.05) is 24.3 Å². The average molecular weight is 488 g/mol. The molecule has 2 atom stereocenters. The molecule has 2 bridgehead atoms. The lowest BCUT2D eigenvalue weighted by atomic mass is 10.0. The molecule has 0 amide bonds. The molecule has 2 aromatic heterocycles. The van der Waals surface area contributed by atoms with Crippen LogP contribution in [-0.2, 0) is 13.0 Å². The SMILES string of the molecule is CN1CCCC1.COc1nc2c(c(N3CC4CCC(C3)N4)n1)CCN(c1cncc3ccccc13)C2. The summed E-state index contributed by atoms with van der Waals surface area (Å²) < 4.78 is 5.50. The smallest absolute Gasteiger partial charge is 0.318 e. The third-order valence-electron chi connectivity index (χ3n) is 8.04. The zero-order valence-electron chi connectivity index (χ0n) is 21.5. The van der Waals surface area contributed by atoms with E-state index in [9.17, 15) is 0 Å². The maximum absolute atomic E-state index is 5.50. The Balaban J connectivity index is 0.000000353. The maximum Gasteiger partial charge on any atom is 0.318 e. The van der Waals surface area contributed by atoms with Crippen molar-refractivity contribution in [2.75, 3.05) is 56.7 Å². The zero-order valence-corrected chi connectivity index (χ0v) is 21.5. The third kappa shape index (κ3) is 4.72. The first-order valence-corrected chi connectivity index (χ1v) is 13.4. The van der Waals surface area contributed by atoms with Gasteiger partial charge in [0, 0.05) is 54.3 Å². The van der Waals surface area contributed by atoms with Gasteiger partial charge in [0.05, 0.1) is 31.2 Å². The van der Waals surface area contributed by atoms with Crippen LogP contribution in [0.25, 0.3) is 10.8 Å². The van der Waals surface area contributed by atoms with Gasteiger partial charge in [-0.05, 0) is 52.2 Å². The number of methoxy groups -OCH3 is 1. The van der Waals surface area contributed by atoms with Crippen molar-refractivity contribution in [3.8, 4) is 6.01 Å². The largest absolute Gasteiger partial charge is 0.467 e. The number of piperazine rings is 1. The van der Waals surface area contributed by atoms with Crippen LogP contribution in [-0.4, -0.2) is 78.8 Å². The second-order valence-corrected chi connectivity index (χ2v) is 10.6. The normalized spacial score (nSPS) is 23.4. The molecule has 1 N–H and O–H groups in total. The topological polar surface area (TPSA) is 69.7 Å². The Morgan fingerprint density at radius 3 is 2.44 bits per heavy atom. The Hall–Kier alpha value is -2.97. The van der Waals surface area contributed by atoms with E-state index < -0.39 is 0 Å². The first-order valence-electron chi connectivity index (χ1n) is 13.4. The number of hydrogen-bond donors (Lipinski definition) is 1. The number of nitrogens with one attached hydrogen (secondary N) is 1. The number of benzene rings is 1. The molecule has 1 aromatic carbocycles. The number of hydrogen-bond acceptors (Lipinski definition) is 8. The van der Waals surface area contributed by atoms with Crippen molar-refractivity contribution in [2.24, 2.45) is 0 Å². The number of nitrogens with zero attached hydrogens (tertiary/aromatic N) is 6. The quantitative estimate of drug-likeness (QED) is 0.604. The van der Waals surface area contributed by atoms with Gasteiger partial charge < -0.3 is 24.8 Å². The fourth-order valence-corrected chi connectivity index (χ4v) is 6.14. The predicted molar refractivity (Wildman–Crippen MR) is 144 cm³/mol. The summed E-state index contributed by atoms with van der Waals surface area (Å²) in [5.41, 5.74) is 3.52. The van der Waals surface area contributed by atoms with Crippen LogP contribution >= 0.6 is 0 Å². The van der Waals surface area contributed by atoms with Crippen molar-refractivity contribution in [3.05, 3.63) is 47.9 Å². The molecule has 0 saturated carbocycles. The van der Waals surface area contributed by atoms with Crippen LogP contribution in [0.15, 0.2) is 36.7 Å². The van der Waals surface area contributed by atoms with Crippen LogP contribution in [0.2, 0.25) is 0 Å². The van der Waals surface area contributed by atoms with Gasteiger partial charge in [-0.25, -0.2) is 0 Å². The standard InChI is InChI=1S/C23H26N6O.C5H11N/c1-30-23-26-20-14-28(21-11-24-10-15-4-2-3-5-18(15)21)9-8-19(20)22(27-23)29-12-16-6-7-17(13-29)25-16;1-6-4-2-3-5-6/h2-5,10-11,16-17,25H,6-9,12-14H2,1H3;2-5H2,1H3. The molecule has 4 aliphatic rings. The summed E-state index contributed by atoms with van der Waals surface area (Å²) in [4.78, 5) is 21.2. The van der Waals surface area contributed by atoms with Gasteiger partial charge in [0.1, 0.15) is 5.82 Å². The van der Waals surface area contributed by atoms with Gasteiger partial charge in [0.2, 0.25) is 0 Å². The minimum Gasteiger partial charge on any atom is -0.467 e. The molecule has 36 heavy (non-hydrogen) atoms. The lowest BCUT2D eigenvalue weighted by molar-refractivity contribution is 0.374. The summed E-state index contributed by atoms with van der Waals surface area (Å²) >= 11 is 0. The second kappa shape index (κ2) is 10.2. The molecule has 6 heterocycles. The highest BCUT2D eigenvalue weighted by molar-refractivity contribution is 5.93. The van der Waals surface area contributed by atoms with E-state index >= 15 is 0 Å². The summed E-state index contributed by atoms with van der Waals surface area (Å²) in [6.07, 6.45) is 10.2. The monoisotopic (exact) mass is 487 g/mol. The van der Waals surface area contributed by atoms with E-state index in [1.165, 1.54) is 49.7 Å². The molecule has 7 rings (SSSR count). The Bertz CT molecular complexity index is 1190. The molecular weight excluding hydrogens is 450 g/mol. The van der Waals surface area contributed by atoms with E-state index in [4.69, 9.17) is 14.7 Å². The summed E-state index contributed by atoms with van der Waals surface area (Å²) in [5, 5.41) is 6.11. The van der Waals surface area contributed by atoms with Crippen molar-refractivity contribution in [2.45, 2.75) is 50.7 Å². The van der Waals surface area contributed by atoms with Crippen LogP contribution < -0.4 is 19.9 Å². The van der Waals surface area contributed by atoms with E-state index in [2.05, 4.69) is 56.3 Å². The predicted octanol–water partition coefficient (Wildman–Crippen LogP) is 3.25. The van der Waals surface area contributed by atoms with Gasteiger partial charge in [0.15, 0.2) is 0 Å². The number of anilines is 2. The lowest BCUT2D eigenvalue weighted by Gasteiger charge is -2.37. The number of likely N-dealkylation sites (tertiary alicyclic amines) is 1. The Labute approximate surface area is 213 Å². The van der Waals surface area contributed by atoms with E-state index in [1.54, 1.807) is 7.11 Å². The highest BCUT2D eigenvalue weighted by Gasteiger charge is 2.35. The van der Waals surface area contributed by atoms with Gasteiger partial charge in [-0.3, -0.25) is 4.98 Å². The van der Waals surface area contributed by atoms with Crippen molar-refractivity contribution in [3.63, 3.8) is 0 Å². The fraction of sp³-hybridized carbons (Fsp3) is 0.536. The fourth-order valence-electron chi connectivity index (χ4n) is 6.14. The van der Waals surface area contributed by atoms with E-state index in [0.29, 0.717) is 18.1 Å². The molecule has 8 nitrogen and oxygen atoms in total. The Kier molecular flexibility index (Phi) is 6.63. The van der Waals surface area contributed by atoms with E-state index in [1.807, 2.05) is 12.4 Å². The van der Waals surface area contributed by atoms with Crippen molar-refractivity contribution < 1.29 is 4.74 Å². The number of pyridine rings is 1. The van der Waals surface area contributed by atoms with Gasteiger partial charge in [-0.15, -0.1) is 0 Å². The van der Waals surface area contributed by atoms with Crippen LogP contribution in [0, 0.1) is 0 Å². The number of aromatic nitrogens is 3. The molecule has 190 valence electrons. The third-order valence-corrected chi connectivity index (χ3v) is 8.04. The highest BCUT2D eigenvalue weighted by atomic mass is 16.5. The minimum absolute atomic E-state index is 0.465. The van der Waals surface area contributed by atoms with Crippen LogP contribution in [0.3, 0.4) is 0 Å². The zero-order chi connectivity index (χ0) is 24.5. The Morgan fingerprint density at radius 1 is 0.944 bits per heavy atom. The van der Waals surface area contributed by atoms with Gasteiger partial charge in [0.25, 0.3) is 0 Å². The van der Waals surface area contributed by atoms with E-state index in [0.717, 1.165) is 55.2 Å². The van der Waals surface area contributed by atoms with Crippen LogP contribution in [0.1, 0.15) is 36.9 Å². The average Bonchev–Trinajstić information content (AvgIpc) is 3.54. The number of rotatable bonds is 3. The summed E-state index contributed by atoms with van der Waals surface area (Å²) in [6.45, 7) is 6.35. The van der Waals surface area contributed by atoms with Gasteiger partial charge in [-0.2, -0.15) is 9.97 Å². The summed E-state index contributed by atoms with van der Waals surface area (Å²) in [5.74, 6) is 1.07. The molecule has 4 aliphatic heterocycles. The lowest BCUT2D eigenvalue weighted by Crippen LogP contribution is -2.52. The first-order chi connectivity index (χ1) is 17.7. The maximum atomic E-state index is 5.50. The van der Waals surface area contributed by atoms with Crippen LogP contribution in [0.4, 0.5) is 11.5 Å². The van der Waals surface area contributed by atoms with Crippen LogP contribution in [0.5, 0.6) is 6.01 Å². The number of ether oxygens (including phenoxy) is 1. The first kappa shape index (κ1) is 23.4. The minimum atomic E-state index is 0.465. The molecular formula is C28H37N7O. The highest BCUT2D eigenvalue weighted by Crippen LogP contribution is 2.35. The molecule has 0 spiro atoms. The molecule has 3 saturated heterocycles. The molecule has 3 aromatic rings. The Morgan fingerprint density at radius 2 is 1.72 bits per heavy atom. The van der Waals surface area contributed by atoms with Crippen molar-refractivity contribution in [1.29, 1.82) is 0 Å². The summed E-state index contributed by atoms with van der Waals surface area (Å²) in [6, 6.07) is 10.0. The van der Waals surface area contributed by atoms with E-state index in [-0.39, 0.29) is 0 Å². The second-order valence-electron chi connectivity index (χ2n) is 10.6. The summed E-state index contributed by atoms with van der Waals surface area (Å²) in [7, 11) is 3.83. The molecule has 8 heteroatoms.